The molecule has 0 aliphatic rings. The van der Waals surface area contributed by atoms with E-state index in [-0.39, 0.29) is 5.91 Å². The van der Waals surface area contributed by atoms with E-state index in [1.54, 1.807) is 68.8 Å². The molecule has 0 unspecified atom stereocenters. The fraction of sp³-hybridized carbons (Fsp3) is 0.105. The number of halogens is 1. The number of benzene rings is 2. The maximum atomic E-state index is 12.3. The molecule has 0 aliphatic carbocycles. The molecule has 3 rings (SSSR count). The highest BCUT2D eigenvalue weighted by Crippen LogP contribution is 2.29. The summed E-state index contributed by atoms with van der Waals surface area (Å²) in [4.78, 5) is 12.3. The number of carbonyl (C=O) groups excluding carboxylic acids is 1. The molecule has 0 atom stereocenters. The van der Waals surface area contributed by atoms with Crippen LogP contribution in [0.1, 0.15) is 10.4 Å². The lowest BCUT2D eigenvalue weighted by Crippen LogP contribution is -2.13. The van der Waals surface area contributed by atoms with E-state index < -0.39 is 0 Å². The number of carbonyl (C=O) groups is 1. The summed E-state index contributed by atoms with van der Waals surface area (Å²) in [6.45, 7) is 0. The minimum absolute atomic E-state index is 0.305. The Labute approximate surface area is 161 Å². The molecule has 0 saturated carbocycles. The van der Waals surface area contributed by atoms with Crippen LogP contribution in [0.4, 0.5) is 17.3 Å². The largest absolute Gasteiger partial charge is 0.497 e. The number of nitrogens with zero attached hydrogens (tertiary/aromatic N) is 2. The van der Waals surface area contributed by atoms with Gasteiger partial charge in [-0.15, -0.1) is 10.2 Å². The van der Waals surface area contributed by atoms with Gasteiger partial charge in [0.05, 0.1) is 19.9 Å². The van der Waals surface area contributed by atoms with Crippen LogP contribution < -0.4 is 20.1 Å². The molecule has 2 N–H and O–H groups in total. The quantitative estimate of drug-likeness (QED) is 0.664. The van der Waals surface area contributed by atoms with E-state index in [0.717, 1.165) is 0 Å². The third-order valence-electron chi connectivity index (χ3n) is 3.66. The Morgan fingerprint density at radius 2 is 1.74 bits per heavy atom. The van der Waals surface area contributed by atoms with Crippen LogP contribution in [0.3, 0.4) is 0 Å². The van der Waals surface area contributed by atoms with Crippen molar-refractivity contribution in [2.75, 3.05) is 24.9 Å². The van der Waals surface area contributed by atoms with Crippen molar-refractivity contribution in [3.05, 3.63) is 65.2 Å². The molecule has 0 spiro atoms. The first-order valence-electron chi connectivity index (χ1n) is 7.99. The normalized spacial score (nSPS) is 10.2. The van der Waals surface area contributed by atoms with Crippen molar-refractivity contribution < 1.29 is 14.3 Å². The Morgan fingerprint density at radius 1 is 0.963 bits per heavy atom. The zero-order valence-corrected chi connectivity index (χ0v) is 15.4. The Bertz CT molecular complexity index is 948. The smallest absolute Gasteiger partial charge is 0.256 e. The molecule has 1 amide bonds. The SMILES string of the molecule is COc1cccc(C(=O)Nc2ccc(Nc3cc(Cl)ccc3OC)nn2)c1. The summed E-state index contributed by atoms with van der Waals surface area (Å²) in [7, 11) is 3.11. The van der Waals surface area contributed by atoms with Gasteiger partial charge in [-0.05, 0) is 48.5 Å². The number of methoxy groups -OCH3 is 2. The average Bonchev–Trinajstić information content (AvgIpc) is 2.69. The molecule has 0 radical (unpaired) electrons. The molecule has 1 aromatic heterocycles. The lowest BCUT2D eigenvalue weighted by molar-refractivity contribution is 0.102. The first-order valence-corrected chi connectivity index (χ1v) is 8.36. The van der Waals surface area contributed by atoms with Crippen LogP contribution in [0.25, 0.3) is 0 Å². The summed E-state index contributed by atoms with van der Waals surface area (Å²) in [5, 5.41) is 14.4. The van der Waals surface area contributed by atoms with E-state index in [1.165, 1.54) is 0 Å². The highest BCUT2D eigenvalue weighted by atomic mass is 35.5. The number of ether oxygens (including phenoxy) is 2. The second kappa shape index (κ2) is 8.37. The minimum atomic E-state index is -0.305. The molecular formula is C19H17ClN4O3. The van der Waals surface area contributed by atoms with Crippen LogP contribution in [0, 0.1) is 0 Å². The van der Waals surface area contributed by atoms with Gasteiger partial charge in [0.25, 0.3) is 5.91 Å². The zero-order chi connectivity index (χ0) is 19.2. The Kier molecular flexibility index (Phi) is 5.73. The van der Waals surface area contributed by atoms with Crippen molar-refractivity contribution in [1.82, 2.24) is 10.2 Å². The second-order valence-corrected chi connectivity index (χ2v) is 5.90. The van der Waals surface area contributed by atoms with E-state index in [2.05, 4.69) is 20.8 Å². The van der Waals surface area contributed by atoms with Gasteiger partial charge < -0.3 is 20.1 Å². The van der Waals surface area contributed by atoms with Crippen molar-refractivity contribution >= 4 is 34.8 Å². The van der Waals surface area contributed by atoms with E-state index in [1.807, 2.05) is 0 Å². The molecule has 1 heterocycles. The molecule has 0 fully saturated rings. The summed E-state index contributed by atoms with van der Waals surface area (Å²) in [5.41, 5.74) is 1.12. The number of hydrogen-bond acceptors (Lipinski definition) is 6. The lowest BCUT2D eigenvalue weighted by Gasteiger charge is -2.11. The molecule has 0 saturated heterocycles. The number of amides is 1. The van der Waals surface area contributed by atoms with Crippen molar-refractivity contribution in [2.45, 2.75) is 0 Å². The van der Waals surface area contributed by atoms with Crippen molar-refractivity contribution in [3.8, 4) is 11.5 Å². The van der Waals surface area contributed by atoms with Gasteiger partial charge in [-0.2, -0.15) is 0 Å². The Morgan fingerprint density at radius 3 is 2.44 bits per heavy atom. The fourth-order valence-corrected chi connectivity index (χ4v) is 2.51. The number of hydrogen-bond donors (Lipinski definition) is 2. The molecule has 27 heavy (non-hydrogen) atoms. The van der Waals surface area contributed by atoms with Gasteiger partial charge in [0.15, 0.2) is 11.6 Å². The van der Waals surface area contributed by atoms with Crippen molar-refractivity contribution in [3.63, 3.8) is 0 Å². The first-order chi connectivity index (χ1) is 13.1. The highest BCUT2D eigenvalue weighted by Gasteiger charge is 2.09. The van der Waals surface area contributed by atoms with Crippen molar-refractivity contribution in [1.29, 1.82) is 0 Å². The van der Waals surface area contributed by atoms with E-state index in [4.69, 9.17) is 21.1 Å². The standard InChI is InChI=1S/C19H17ClN4O3/c1-26-14-5-3-4-12(10-14)19(25)22-18-9-8-17(23-24-18)21-15-11-13(20)6-7-16(15)27-2/h3-11H,1-2H3,(H,21,23)(H,22,24,25). The monoisotopic (exact) mass is 384 g/mol. The molecule has 0 bridgehead atoms. The Balaban J connectivity index is 1.70. The van der Waals surface area contributed by atoms with Crippen LogP contribution in [0.5, 0.6) is 11.5 Å². The number of aromatic nitrogens is 2. The lowest BCUT2D eigenvalue weighted by atomic mass is 10.2. The van der Waals surface area contributed by atoms with Crippen LogP contribution in [-0.2, 0) is 0 Å². The summed E-state index contributed by atoms with van der Waals surface area (Å²) in [6.07, 6.45) is 0. The molecule has 2 aromatic carbocycles. The maximum Gasteiger partial charge on any atom is 0.256 e. The van der Waals surface area contributed by atoms with Gasteiger partial charge in [0.1, 0.15) is 11.5 Å². The minimum Gasteiger partial charge on any atom is -0.497 e. The number of rotatable bonds is 6. The third kappa shape index (κ3) is 4.65. The predicted octanol–water partition coefficient (Wildman–Crippen LogP) is 4.14. The molecule has 8 heteroatoms. The Hall–Kier alpha value is -3.32. The summed E-state index contributed by atoms with van der Waals surface area (Å²) >= 11 is 6.01. The van der Waals surface area contributed by atoms with Gasteiger partial charge in [-0.25, -0.2) is 0 Å². The topological polar surface area (TPSA) is 85.4 Å². The van der Waals surface area contributed by atoms with Crippen LogP contribution in [-0.4, -0.2) is 30.3 Å². The number of nitrogens with one attached hydrogen (secondary N) is 2. The van der Waals surface area contributed by atoms with Gasteiger partial charge >= 0.3 is 0 Å². The van der Waals surface area contributed by atoms with E-state index in [0.29, 0.717) is 39.4 Å². The van der Waals surface area contributed by atoms with Crippen LogP contribution in [0.2, 0.25) is 5.02 Å². The van der Waals surface area contributed by atoms with Gasteiger partial charge in [0, 0.05) is 10.6 Å². The molecule has 0 aliphatic heterocycles. The first kappa shape index (κ1) is 18.5. The molecular weight excluding hydrogens is 368 g/mol. The van der Waals surface area contributed by atoms with Crippen LogP contribution in [0.15, 0.2) is 54.6 Å². The predicted molar refractivity (Wildman–Crippen MR) is 104 cm³/mol. The molecule has 3 aromatic rings. The summed E-state index contributed by atoms with van der Waals surface area (Å²) in [5.74, 6) is 1.72. The zero-order valence-electron chi connectivity index (χ0n) is 14.7. The third-order valence-corrected chi connectivity index (χ3v) is 3.90. The molecule has 138 valence electrons. The average molecular weight is 385 g/mol. The second-order valence-electron chi connectivity index (χ2n) is 5.46. The van der Waals surface area contributed by atoms with Gasteiger partial charge in [-0.1, -0.05) is 17.7 Å². The van der Waals surface area contributed by atoms with Crippen molar-refractivity contribution in [2.24, 2.45) is 0 Å². The van der Waals surface area contributed by atoms with Gasteiger partial charge in [-0.3, -0.25) is 4.79 Å². The van der Waals surface area contributed by atoms with Crippen LogP contribution >= 0.6 is 11.6 Å². The highest BCUT2D eigenvalue weighted by molar-refractivity contribution is 6.31. The summed E-state index contributed by atoms with van der Waals surface area (Å²) in [6, 6.07) is 15.4. The summed E-state index contributed by atoms with van der Waals surface area (Å²) < 4.78 is 10.4. The van der Waals surface area contributed by atoms with E-state index >= 15 is 0 Å². The van der Waals surface area contributed by atoms with E-state index in [9.17, 15) is 4.79 Å². The number of anilines is 3. The van der Waals surface area contributed by atoms with Gasteiger partial charge in [0.2, 0.25) is 0 Å². The fourth-order valence-electron chi connectivity index (χ4n) is 2.33. The molecule has 7 nitrogen and oxygen atoms in total. The maximum absolute atomic E-state index is 12.3.